The second-order valence-corrected chi connectivity index (χ2v) is 5.83. The van der Waals surface area contributed by atoms with E-state index >= 15 is 0 Å². The molecule has 0 saturated carbocycles. The van der Waals surface area contributed by atoms with Crippen molar-refractivity contribution in [1.82, 2.24) is 5.32 Å². The van der Waals surface area contributed by atoms with Gasteiger partial charge in [0.15, 0.2) is 0 Å². The molecule has 0 atom stereocenters. The maximum Gasteiger partial charge on any atom is 0.329 e. The Balaban J connectivity index is 2.13. The highest BCUT2D eigenvalue weighted by atomic mass is 35.5. The summed E-state index contributed by atoms with van der Waals surface area (Å²) in [6, 6.07) is 14.0. The van der Waals surface area contributed by atoms with Crippen LogP contribution in [0.2, 0.25) is 5.02 Å². The fourth-order valence-corrected chi connectivity index (χ4v) is 2.81. The van der Waals surface area contributed by atoms with E-state index in [-0.39, 0.29) is 13.1 Å². The van der Waals surface area contributed by atoms with Crippen LogP contribution in [-0.2, 0) is 4.79 Å². The van der Waals surface area contributed by atoms with E-state index in [0.29, 0.717) is 22.0 Å². The number of benzene rings is 2. The number of rotatable bonds is 3. The van der Waals surface area contributed by atoms with E-state index in [9.17, 15) is 9.59 Å². The Morgan fingerprint density at radius 3 is 2.76 bits per heavy atom. The minimum absolute atomic E-state index is 0.127. The minimum Gasteiger partial charge on any atom is -0.334 e. The zero-order chi connectivity index (χ0) is 17.8. The quantitative estimate of drug-likeness (QED) is 0.859. The van der Waals surface area contributed by atoms with Gasteiger partial charge in [-0.2, -0.15) is 0 Å². The van der Waals surface area contributed by atoms with E-state index in [1.165, 1.54) is 0 Å². The highest BCUT2D eigenvalue weighted by molar-refractivity contribution is 6.32. The molecule has 2 aromatic carbocycles. The molecule has 0 unspecified atom stereocenters. The van der Waals surface area contributed by atoms with Crippen molar-refractivity contribution in [1.29, 1.82) is 0 Å². The molecule has 1 N–H and O–H groups in total. The first kappa shape index (κ1) is 16.9. The molecule has 0 aliphatic carbocycles. The number of fused-ring (bicyclic) bond motifs is 1. The van der Waals surface area contributed by atoms with Gasteiger partial charge in [0.25, 0.3) is 5.91 Å². The number of imide groups is 1. The van der Waals surface area contributed by atoms with Crippen molar-refractivity contribution in [3.05, 3.63) is 77.3 Å². The fourth-order valence-electron chi connectivity index (χ4n) is 2.63. The van der Waals surface area contributed by atoms with Gasteiger partial charge in [-0.1, -0.05) is 48.0 Å². The zero-order valence-electron chi connectivity index (χ0n) is 13.4. The lowest BCUT2D eigenvalue weighted by atomic mass is 10.0. The van der Waals surface area contributed by atoms with E-state index < -0.39 is 11.9 Å². The van der Waals surface area contributed by atoms with Gasteiger partial charge >= 0.3 is 6.03 Å². The van der Waals surface area contributed by atoms with Crippen LogP contribution in [0.3, 0.4) is 0 Å². The number of aliphatic imine (C=N–C) groups is 1. The Morgan fingerprint density at radius 1 is 1.28 bits per heavy atom. The van der Waals surface area contributed by atoms with Crippen LogP contribution in [0.5, 0.6) is 0 Å². The molecular weight excluding hydrogens is 338 g/mol. The molecule has 25 heavy (non-hydrogen) atoms. The maximum atomic E-state index is 12.5. The number of benzodiazepines with no additional fused rings is 1. The molecule has 0 aromatic heterocycles. The third-order valence-electron chi connectivity index (χ3n) is 3.72. The van der Waals surface area contributed by atoms with E-state index in [2.05, 4.69) is 16.9 Å². The van der Waals surface area contributed by atoms with Crippen LogP contribution in [0.15, 0.2) is 66.2 Å². The van der Waals surface area contributed by atoms with Gasteiger partial charge in [0.05, 0.1) is 11.4 Å². The van der Waals surface area contributed by atoms with Crippen LogP contribution < -0.4 is 10.2 Å². The van der Waals surface area contributed by atoms with Crippen molar-refractivity contribution >= 4 is 34.9 Å². The monoisotopic (exact) mass is 353 g/mol. The van der Waals surface area contributed by atoms with Gasteiger partial charge in [-0.15, -0.1) is 6.58 Å². The van der Waals surface area contributed by atoms with Gasteiger partial charge in [-0.3, -0.25) is 9.79 Å². The smallest absolute Gasteiger partial charge is 0.329 e. The number of amides is 3. The fraction of sp³-hybridized carbons (Fsp3) is 0.105. The van der Waals surface area contributed by atoms with Crippen molar-refractivity contribution in [3.63, 3.8) is 0 Å². The SMILES string of the molecule is C=CCNC(=O)N1C(=O)CN=C(c2ccccc2)c2cc(Cl)ccc21. The second kappa shape index (κ2) is 7.32. The third-order valence-corrected chi connectivity index (χ3v) is 3.96. The summed E-state index contributed by atoms with van der Waals surface area (Å²) in [7, 11) is 0. The number of carbonyl (C=O) groups is 2. The molecule has 2 aromatic rings. The van der Waals surface area contributed by atoms with Crippen LogP contribution in [-0.4, -0.2) is 30.7 Å². The summed E-state index contributed by atoms with van der Waals surface area (Å²) in [5, 5.41) is 3.14. The maximum absolute atomic E-state index is 12.5. The van der Waals surface area contributed by atoms with Crippen LogP contribution in [0, 0.1) is 0 Å². The van der Waals surface area contributed by atoms with Gasteiger partial charge in [0, 0.05) is 22.7 Å². The van der Waals surface area contributed by atoms with Crippen molar-refractivity contribution in [3.8, 4) is 0 Å². The molecule has 0 saturated heterocycles. The third kappa shape index (κ3) is 3.46. The first-order chi connectivity index (χ1) is 12.1. The van der Waals surface area contributed by atoms with Gasteiger partial charge in [-0.25, -0.2) is 9.69 Å². The lowest BCUT2D eigenvalue weighted by Gasteiger charge is -2.21. The molecule has 5 nitrogen and oxygen atoms in total. The van der Waals surface area contributed by atoms with Gasteiger partial charge < -0.3 is 5.32 Å². The van der Waals surface area contributed by atoms with Crippen molar-refractivity contribution in [2.75, 3.05) is 18.0 Å². The zero-order valence-corrected chi connectivity index (χ0v) is 14.2. The number of nitrogens with one attached hydrogen (secondary N) is 1. The number of nitrogens with zero attached hydrogens (tertiary/aromatic N) is 2. The van der Waals surface area contributed by atoms with Crippen LogP contribution in [0.4, 0.5) is 10.5 Å². The largest absolute Gasteiger partial charge is 0.334 e. The number of anilines is 1. The summed E-state index contributed by atoms with van der Waals surface area (Å²) < 4.78 is 0. The first-order valence-corrected chi connectivity index (χ1v) is 8.11. The molecular formula is C19H16ClN3O2. The summed E-state index contributed by atoms with van der Waals surface area (Å²) in [4.78, 5) is 30.6. The number of halogens is 1. The second-order valence-electron chi connectivity index (χ2n) is 5.40. The minimum atomic E-state index is -0.516. The summed E-state index contributed by atoms with van der Waals surface area (Å²) >= 11 is 6.16. The molecule has 1 heterocycles. The predicted octanol–water partition coefficient (Wildman–Crippen LogP) is 3.42. The Morgan fingerprint density at radius 2 is 2.04 bits per heavy atom. The van der Waals surface area contributed by atoms with Gasteiger partial charge in [-0.05, 0) is 18.2 Å². The lowest BCUT2D eigenvalue weighted by Crippen LogP contribution is -2.45. The first-order valence-electron chi connectivity index (χ1n) is 7.73. The summed E-state index contributed by atoms with van der Waals surface area (Å²) in [5.41, 5.74) is 2.58. The number of hydrogen-bond acceptors (Lipinski definition) is 3. The Labute approximate surface area is 150 Å². The Hall–Kier alpha value is -2.92. The number of carbonyl (C=O) groups excluding carboxylic acids is 2. The molecule has 3 rings (SSSR count). The van der Waals surface area contributed by atoms with Crippen molar-refractivity contribution in [2.45, 2.75) is 0 Å². The van der Waals surface area contributed by atoms with E-state index in [4.69, 9.17) is 11.6 Å². The predicted molar refractivity (Wildman–Crippen MR) is 99.5 cm³/mol. The molecule has 3 amide bonds. The molecule has 1 aliphatic heterocycles. The normalized spacial score (nSPS) is 13.6. The van der Waals surface area contributed by atoms with E-state index in [1.54, 1.807) is 24.3 Å². The molecule has 126 valence electrons. The molecule has 1 aliphatic rings. The van der Waals surface area contributed by atoms with Crippen LogP contribution in [0.25, 0.3) is 0 Å². The highest BCUT2D eigenvalue weighted by Crippen LogP contribution is 2.29. The Kier molecular flexibility index (Phi) is 4.95. The highest BCUT2D eigenvalue weighted by Gasteiger charge is 2.29. The summed E-state index contributed by atoms with van der Waals surface area (Å²) in [6.07, 6.45) is 1.55. The van der Waals surface area contributed by atoms with Crippen LogP contribution in [0.1, 0.15) is 11.1 Å². The van der Waals surface area contributed by atoms with Crippen molar-refractivity contribution in [2.24, 2.45) is 4.99 Å². The molecule has 6 heteroatoms. The topological polar surface area (TPSA) is 61.8 Å². The standard InChI is InChI=1S/C19H16ClN3O2/c1-2-10-21-19(25)23-16-9-8-14(20)11-15(16)18(22-12-17(23)24)13-6-4-3-5-7-13/h2-9,11H,1,10,12H2,(H,21,25). The number of urea groups is 1. The molecule has 0 spiro atoms. The number of hydrogen-bond donors (Lipinski definition) is 1. The molecule has 0 radical (unpaired) electrons. The van der Waals surface area contributed by atoms with Gasteiger partial charge in [0.1, 0.15) is 6.54 Å². The van der Waals surface area contributed by atoms with Crippen molar-refractivity contribution < 1.29 is 9.59 Å². The average Bonchev–Trinajstić information content (AvgIpc) is 2.76. The van der Waals surface area contributed by atoms with Crippen LogP contribution >= 0.6 is 11.6 Å². The average molecular weight is 354 g/mol. The molecule has 0 fully saturated rings. The van der Waals surface area contributed by atoms with E-state index in [0.717, 1.165) is 10.5 Å². The lowest BCUT2D eigenvalue weighted by molar-refractivity contribution is -0.116. The summed E-state index contributed by atoms with van der Waals surface area (Å²) in [6.45, 7) is 3.70. The Bertz CT molecular complexity index is 862. The van der Waals surface area contributed by atoms with Gasteiger partial charge in [0.2, 0.25) is 0 Å². The molecule has 0 bridgehead atoms. The van der Waals surface area contributed by atoms with E-state index in [1.807, 2.05) is 30.3 Å². The summed E-state index contributed by atoms with van der Waals surface area (Å²) in [5.74, 6) is -0.406.